The molecule has 226 valence electrons. The number of ether oxygens (including phenoxy) is 1. The maximum atomic E-state index is 13.4. The third-order valence-corrected chi connectivity index (χ3v) is 8.30. The molecule has 5 rings (SSSR count). The lowest BCUT2D eigenvalue weighted by Gasteiger charge is -2.33. The van der Waals surface area contributed by atoms with Gasteiger partial charge in [0, 0.05) is 40.9 Å². The summed E-state index contributed by atoms with van der Waals surface area (Å²) in [5, 5.41) is 13.9. The molecular formula is C36H43N3O4. The van der Waals surface area contributed by atoms with Crippen molar-refractivity contribution in [2.45, 2.75) is 77.4 Å². The van der Waals surface area contributed by atoms with Gasteiger partial charge in [-0.05, 0) is 81.0 Å². The van der Waals surface area contributed by atoms with Crippen molar-refractivity contribution in [3.63, 3.8) is 0 Å². The number of nitrogens with zero attached hydrogens (tertiary/aromatic N) is 1. The number of aromatic nitrogens is 1. The van der Waals surface area contributed by atoms with Crippen molar-refractivity contribution < 1.29 is 19.4 Å². The lowest BCUT2D eigenvalue weighted by molar-refractivity contribution is -0.152. The van der Waals surface area contributed by atoms with Gasteiger partial charge in [0.05, 0.1) is 12.5 Å². The fraction of sp³-hybridized carbons (Fsp3) is 0.389. The first-order valence-corrected chi connectivity index (χ1v) is 15.5. The number of benzene rings is 3. The Kier molecular flexibility index (Phi) is 9.39. The highest BCUT2D eigenvalue weighted by atomic mass is 16.5. The fourth-order valence-corrected chi connectivity index (χ4v) is 5.80. The van der Waals surface area contributed by atoms with E-state index in [1.54, 1.807) is 12.1 Å². The van der Waals surface area contributed by atoms with Gasteiger partial charge in [0.2, 0.25) is 5.91 Å². The second-order valence-electron chi connectivity index (χ2n) is 12.1. The quantitative estimate of drug-likeness (QED) is 0.160. The van der Waals surface area contributed by atoms with Gasteiger partial charge in [0.1, 0.15) is 5.75 Å². The number of hydrogen-bond acceptors (Lipinski definition) is 4. The Labute approximate surface area is 254 Å². The zero-order valence-corrected chi connectivity index (χ0v) is 25.5. The molecule has 7 heteroatoms. The molecule has 43 heavy (non-hydrogen) atoms. The minimum absolute atomic E-state index is 0.0371. The molecule has 3 N–H and O–H groups in total. The minimum Gasteiger partial charge on any atom is -0.478 e. The average Bonchev–Trinajstić information content (AvgIpc) is 3.45. The van der Waals surface area contributed by atoms with E-state index < -0.39 is 11.6 Å². The van der Waals surface area contributed by atoms with Crippen LogP contribution in [0, 0.1) is 0 Å². The molecule has 0 radical (unpaired) electrons. The molecule has 1 atom stereocenters. The molecule has 0 spiro atoms. The van der Waals surface area contributed by atoms with Crippen LogP contribution in [-0.2, 0) is 16.0 Å². The molecule has 1 saturated heterocycles. The molecule has 3 aromatic carbocycles. The van der Waals surface area contributed by atoms with E-state index in [9.17, 15) is 14.7 Å². The smallest absolute Gasteiger partial charge is 0.347 e. The lowest BCUT2D eigenvalue weighted by atomic mass is 9.95. The zero-order valence-electron chi connectivity index (χ0n) is 25.5. The van der Waals surface area contributed by atoms with Crippen molar-refractivity contribution in [1.29, 1.82) is 0 Å². The molecule has 2 heterocycles. The van der Waals surface area contributed by atoms with Crippen molar-refractivity contribution in [3.05, 3.63) is 83.9 Å². The number of rotatable bonds is 12. The molecule has 4 aromatic rings. The first-order valence-electron chi connectivity index (χ1n) is 15.5. The van der Waals surface area contributed by atoms with Crippen molar-refractivity contribution >= 4 is 28.5 Å². The number of anilines is 1. The van der Waals surface area contributed by atoms with Crippen molar-refractivity contribution in [3.8, 4) is 17.0 Å². The van der Waals surface area contributed by atoms with E-state index in [2.05, 4.69) is 64.6 Å². The number of unbranched alkanes of at least 4 members (excludes halogenated alkanes) is 1. The second-order valence-corrected chi connectivity index (χ2v) is 12.1. The largest absolute Gasteiger partial charge is 0.478 e. The molecule has 1 aliphatic rings. The van der Waals surface area contributed by atoms with Gasteiger partial charge in [-0.2, -0.15) is 0 Å². The Morgan fingerprint density at radius 3 is 2.44 bits per heavy atom. The van der Waals surface area contributed by atoms with E-state index in [0.29, 0.717) is 5.75 Å². The van der Waals surface area contributed by atoms with E-state index in [-0.39, 0.29) is 18.4 Å². The van der Waals surface area contributed by atoms with Gasteiger partial charge >= 0.3 is 5.97 Å². The van der Waals surface area contributed by atoms with Gasteiger partial charge in [-0.3, -0.25) is 4.79 Å². The first-order chi connectivity index (χ1) is 20.7. The van der Waals surface area contributed by atoms with E-state index in [4.69, 9.17) is 4.74 Å². The second kappa shape index (κ2) is 13.4. The molecule has 0 aliphatic carbocycles. The summed E-state index contributed by atoms with van der Waals surface area (Å²) in [6, 6.07) is 24.2. The number of aromatic amines is 1. The Hall–Kier alpha value is -4.26. The van der Waals surface area contributed by atoms with Crippen molar-refractivity contribution in [2.75, 3.05) is 18.0 Å². The summed E-state index contributed by atoms with van der Waals surface area (Å²) in [6.07, 6.45) is 6.76. The van der Waals surface area contributed by atoms with Gasteiger partial charge in [-0.15, -0.1) is 0 Å². The molecule has 0 bridgehead atoms. The van der Waals surface area contributed by atoms with E-state index >= 15 is 0 Å². The number of carbonyl (C=O) groups is 2. The predicted octanol–water partition coefficient (Wildman–Crippen LogP) is 7.66. The molecule has 1 aromatic heterocycles. The first kappa shape index (κ1) is 30.2. The van der Waals surface area contributed by atoms with Crippen LogP contribution in [0.15, 0.2) is 72.8 Å². The molecular weight excluding hydrogens is 538 g/mol. The summed E-state index contributed by atoms with van der Waals surface area (Å²) in [4.78, 5) is 30.9. The summed E-state index contributed by atoms with van der Waals surface area (Å²) in [6.45, 7) is 7.24. The number of aliphatic carboxylic acids is 1. The summed E-state index contributed by atoms with van der Waals surface area (Å²) in [5.74, 6) is -0.615. The molecule has 1 amide bonds. The van der Waals surface area contributed by atoms with Crippen LogP contribution in [-0.4, -0.2) is 40.7 Å². The van der Waals surface area contributed by atoms with Gasteiger partial charge in [0.25, 0.3) is 0 Å². The van der Waals surface area contributed by atoms with Crippen molar-refractivity contribution in [1.82, 2.24) is 10.3 Å². The third kappa shape index (κ3) is 7.39. The van der Waals surface area contributed by atoms with Crippen LogP contribution in [0.3, 0.4) is 0 Å². The Bertz CT molecular complexity index is 1520. The SMILES string of the molecule is CCCCC(NC(=O)Cc1ccc(OC(C)(C)C(=O)O)cc1)c1ccc(-c2cc3ccccc3[nH]2)cc1N1CCCCC1. The highest BCUT2D eigenvalue weighted by Gasteiger charge is 2.29. The molecule has 1 unspecified atom stereocenters. The highest BCUT2D eigenvalue weighted by Crippen LogP contribution is 2.36. The third-order valence-electron chi connectivity index (χ3n) is 8.30. The van der Waals surface area contributed by atoms with Crippen LogP contribution >= 0.6 is 0 Å². The summed E-state index contributed by atoms with van der Waals surface area (Å²) < 4.78 is 5.61. The topological polar surface area (TPSA) is 94.7 Å². The number of hydrogen-bond donors (Lipinski definition) is 3. The van der Waals surface area contributed by atoms with Crippen LogP contribution in [0.1, 0.15) is 76.5 Å². The highest BCUT2D eigenvalue weighted by molar-refractivity contribution is 5.86. The normalized spacial score (nSPS) is 14.4. The van der Waals surface area contributed by atoms with Crippen LogP contribution < -0.4 is 15.0 Å². The molecule has 1 aliphatic heterocycles. The maximum Gasteiger partial charge on any atom is 0.347 e. The monoisotopic (exact) mass is 581 g/mol. The van der Waals surface area contributed by atoms with E-state index in [1.165, 1.54) is 49.7 Å². The molecule has 0 saturated carbocycles. The van der Waals surface area contributed by atoms with Crippen LogP contribution in [0.5, 0.6) is 5.75 Å². The van der Waals surface area contributed by atoms with Gasteiger partial charge < -0.3 is 25.0 Å². The van der Waals surface area contributed by atoms with Gasteiger partial charge in [-0.1, -0.05) is 62.2 Å². The number of carboxylic acid groups (broad SMARTS) is 1. The number of para-hydroxylation sites is 1. The number of piperidine rings is 1. The summed E-state index contributed by atoms with van der Waals surface area (Å²) in [5.41, 5.74) is 5.26. The zero-order chi connectivity index (χ0) is 30.4. The number of carboxylic acids is 1. The van der Waals surface area contributed by atoms with Crippen LogP contribution in [0.25, 0.3) is 22.2 Å². The van der Waals surface area contributed by atoms with Crippen LogP contribution in [0.2, 0.25) is 0 Å². The Morgan fingerprint density at radius 2 is 1.74 bits per heavy atom. The maximum absolute atomic E-state index is 13.4. The standard InChI is InChI=1S/C36H43N3O4/c1-4-5-12-31(38-34(40)22-25-14-17-28(18-15-25)43-36(2,3)35(41)42)29-19-16-27(24-33(29)39-20-9-6-10-21-39)32-23-26-11-7-8-13-30(26)37-32/h7-8,11,13-19,23-24,31,37H,4-6,9-10,12,20-22H2,1-3H3,(H,38,40)(H,41,42). The molecule has 1 fully saturated rings. The van der Waals surface area contributed by atoms with Gasteiger partial charge in [-0.25, -0.2) is 4.79 Å². The summed E-state index contributed by atoms with van der Waals surface area (Å²) >= 11 is 0. The summed E-state index contributed by atoms with van der Waals surface area (Å²) in [7, 11) is 0. The van der Waals surface area contributed by atoms with E-state index in [1.807, 2.05) is 18.2 Å². The number of carbonyl (C=O) groups excluding carboxylic acids is 1. The number of fused-ring (bicyclic) bond motifs is 1. The minimum atomic E-state index is -1.33. The van der Waals surface area contributed by atoms with E-state index in [0.717, 1.165) is 54.7 Å². The van der Waals surface area contributed by atoms with Gasteiger partial charge in [0.15, 0.2) is 5.60 Å². The fourth-order valence-electron chi connectivity index (χ4n) is 5.80. The molecule has 7 nitrogen and oxygen atoms in total. The Balaban J connectivity index is 1.38. The average molecular weight is 582 g/mol. The number of amides is 1. The number of nitrogens with one attached hydrogen (secondary N) is 2. The van der Waals surface area contributed by atoms with Crippen molar-refractivity contribution in [2.24, 2.45) is 0 Å². The number of H-pyrrole nitrogens is 1. The van der Waals surface area contributed by atoms with Crippen LogP contribution in [0.4, 0.5) is 5.69 Å². The predicted molar refractivity (Wildman–Crippen MR) is 173 cm³/mol. The lowest BCUT2D eigenvalue weighted by Crippen LogP contribution is -2.37. The Morgan fingerprint density at radius 1 is 1.00 bits per heavy atom.